The molecular formula is C16H31ClN2O2. The number of nitrogens with one attached hydrogen (secondary N) is 1. The van der Waals surface area contributed by atoms with Gasteiger partial charge in [0, 0.05) is 25.6 Å². The van der Waals surface area contributed by atoms with Gasteiger partial charge in [-0.05, 0) is 58.0 Å². The van der Waals surface area contributed by atoms with Gasteiger partial charge in [0.2, 0.25) is 5.91 Å². The lowest BCUT2D eigenvalue weighted by atomic mass is 10.0. The highest BCUT2D eigenvalue weighted by atomic mass is 35.5. The van der Waals surface area contributed by atoms with Gasteiger partial charge in [0.25, 0.3) is 0 Å². The monoisotopic (exact) mass is 318 g/mol. The topological polar surface area (TPSA) is 41.6 Å². The van der Waals surface area contributed by atoms with E-state index in [-0.39, 0.29) is 12.4 Å². The quantitative estimate of drug-likeness (QED) is 0.818. The van der Waals surface area contributed by atoms with Crippen LogP contribution in [0.1, 0.15) is 58.3 Å². The van der Waals surface area contributed by atoms with Crippen LogP contribution < -0.4 is 5.32 Å². The Morgan fingerprint density at radius 3 is 2.62 bits per heavy atom. The highest BCUT2D eigenvalue weighted by molar-refractivity contribution is 5.85. The molecule has 0 radical (unpaired) electrons. The third kappa shape index (κ3) is 6.13. The van der Waals surface area contributed by atoms with Crippen molar-refractivity contribution in [3.8, 4) is 0 Å². The van der Waals surface area contributed by atoms with Crippen LogP contribution in [0.5, 0.6) is 0 Å². The summed E-state index contributed by atoms with van der Waals surface area (Å²) in [5, 5.41) is 3.38. The minimum atomic E-state index is 0. The van der Waals surface area contributed by atoms with Crippen molar-refractivity contribution in [2.75, 3.05) is 26.2 Å². The summed E-state index contributed by atoms with van der Waals surface area (Å²) in [4.78, 5) is 14.7. The summed E-state index contributed by atoms with van der Waals surface area (Å²) in [6.07, 6.45) is 8.72. The van der Waals surface area contributed by atoms with Crippen LogP contribution in [-0.2, 0) is 9.53 Å². The van der Waals surface area contributed by atoms with Crippen LogP contribution >= 0.6 is 12.4 Å². The molecule has 2 aliphatic heterocycles. The molecule has 0 aromatic heterocycles. The molecule has 1 atom stereocenters. The second-order valence-electron chi connectivity index (χ2n) is 6.10. The van der Waals surface area contributed by atoms with Crippen molar-refractivity contribution >= 4 is 18.3 Å². The Labute approximate surface area is 135 Å². The third-order valence-corrected chi connectivity index (χ3v) is 4.49. The smallest absolute Gasteiger partial charge is 0.222 e. The fourth-order valence-electron chi connectivity index (χ4n) is 3.33. The molecule has 2 saturated heterocycles. The highest BCUT2D eigenvalue weighted by Gasteiger charge is 2.25. The SMILES string of the molecule is CCCN(C(=O)CCC1CCCCO1)C1CCNCC1.Cl. The van der Waals surface area contributed by atoms with Crippen molar-refractivity contribution in [3.63, 3.8) is 0 Å². The van der Waals surface area contributed by atoms with Crippen LogP contribution in [-0.4, -0.2) is 49.2 Å². The minimum Gasteiger partial charge on any atom is -0.378 e. The normalized spacial score (nSPS) is 23.4. The summed E-state index contributed by atoms with van der Waals surface area (Å²) in [5.41, 5.74) is 0. The van der Waals surface area contributed by atoms with E-state index < -0.39 is 0 Å². The number of carbonyl (C=O) groups excluding carboxylic acids is 1. The zero-order chi connectivity index (χ0) is 14.2. The Morgan fingerprint density at radius 2 is 2.00 bits per heavy atom. The molecule has 0 saturated carbocycles. The number of carbonyl (C=O) groups is 1. The van der Waals surface area contributed by atoms with Gasteiger partial charge in [0.1, 0.15) is 0 Å². The molecular weight excluding hydrogens is 288 g/mol. The molecule has 1 unspecified atom stereocenters. The number of rotatable bonds is 6. The number of nitrogens with zero attached hydrogens (tertiary/aromatic N) is 1. The number of ether oxygens (including phenoxy) is 1. The van der Waals surface area contributed by atoms with E-state index in [1.165, 1.54) is 12.8 Å². The lowest BCUT2D eigenvalue weighted by molar-refractivity contribution is -0.135. The Kier molecular flexibility index (Phi) is 9.29. The summed E-state index contributed by atoms with van der Waals surface area (Å²) in [6, 6.07) is 0.455. The molecule has 2 aliphatic rings. The number of halogens is 1. The first kappa shape index (κ1) is 18.7. The largest absolute Gasteiger partial charge is 0.378 e. The van der Waals surface area contributed by atoms with E-state index in [2.05, 4.69) is 17.1 Å². The van der Waals surface area contributed by atoms with E-state index in [0.29, 0.717) is 24.5 Å². The van der Waals surface area contributed by atoms with Crippen molar-refractivity contribution in [3.05, 3.63) is 0 Å². The predicted octanol–water partition coefficient (Wildman–Crippen LogP) is 2.75. The molecule has 4 nitrogen and oxygen atoms in total. The van der Waals surface area contributed by atoms with Gasteiger partial charge in [-0.2, -0.15) is 0 Å². The summed E-state index contributed by atoms with van der Waals surface area (Å²) in [7, 11) is 0. The van der Waals surface area contributed by atoms with Crippen molar-refractivity contribution in [1.29, 1.82) is 0 Å². The second-order valence-corrected chi connectivity index (χ2v) is 6.10. The molecule has 21 heavy (non-hydrogen) atoms. The standard InChI is InChI=1S/C16H30N2O2.ClH/c1-2-12-18(14-8-10-17-11-9-14)16(19)7-6-15-5-3-4-13-20-15;/h14-15,17H,2-13H2,1H3;1H. The zero-order valence-corrected chi connectivity index (χ0v) is 14.1. The van der Waals surface area contributed by atoms with Gasteiger partial charge in [-0.15, -0.1) is 12.4 Å². The Bertz CT molecular complexity index is 290. The number of hydrogen-bond acceptors (Lipinski definition) is 3. The van der Waals surface area contributed by atoms with E-state index >= 15 is 0 Å². The highest BCUT2D eigenvalue weighted by Crippen LogP contribution is 2.19. The fourth-order valence-corrected chi connectivity index (χ4v) is 3.33. The van der Waals surface area contributed by atoms with Crippen molar-refractivity contribution in [2.24, 2.45) is 0 Å². The van der Waals surface area contributed by atoms with Crippen molar-refractivity contribution < 1.29 is 9.53 Å². The minimum absolute atomic E-state index is 0. The van der Waals surface area contributed by atoms with Crippen molar-refractivity contribution in [2.45, 2.75) is 70.4 Å². The summed E-state index contributed by atoms with van der Waals surface area (Å²) in [5.74, 6) is 0.341. The summed E-state index contributed by atoms with van der Waals surface area (Å²) in [6.45, 7) is 6.04. The van der Waals surface area contributed by atoms with Gasteiger partial charge in [-0.3, -0.25) is 4.79 Å². The summed E-state index contributed by atoms with van der Waals surface area (Å²) < 4.78 is 5.73. The molecule has 0 aliphatic carbocycles. The van der Waals surface area contributed by atoms with Crippen LogP contribution in [0.3, 0.4) is 0 Å². The number of hydrogen-bond donors (Lipinski definition) is 1. The molecule has 0 bridgehead atoms. The molecule has 124 valence electrons. The zero-order valence-electron chi connectivity index (χ0n) is 13.3. The van der Waals surface area contributed by atoms with Crippen LogP contribution in [0, 0.1) is 0 Å². The second kappa shape index (κ2) is 10.4. The average molecular weight is 319 g/mol. The van der Waals surface area contributed by atoms with Crippen LogP contribution in [0.25, 0.3) is 0 Å². The first-order valence-electron chi connectivity index (χ1n) is 8.43. The van der Waals surface area contributed by atoms with Crippen LogP contribution in [0.4, 0.5) is 0 Å². The van der Waals surface area contributed by atoms with E-state index in [0.717, 1.165) is 58.3 Å². The van der Waals surface area contributed by atoms with Gasteiger partial charge in [0.05, 0.1) is 6.10 Å². The van der Waals surface area contributed by atoms with Gasteiger partial charge < -0.3 is 15.0 Å². The maximum absolute atomic E-state index is 12.5. The van der Waals surface area contributed by atoms with Gasteiger partial charge >= 0.3 is 0 Å². The van der Waals surface area contributed by atoms with E-state index in [1.807, 2.05) is 0 Å². The van der Waals surface area contributed by atoms with Gasteiger partial charge in [-0.25, -0.2) is 0 Å². The molecule has 0 spiro atoms. The molecule has 1 N–H and O–H groups in total. The Balaban J connectivity index is 0.00000220. The van der Waals surface area contributed by atoms with Gasteiger partial charge in [-0.1, -0.05) is 6.92 Å². The molecule has 2 rings (SSSR count). The predicted molar refractivity (Wildman–Crippen MR) is 88.0 cm³/mol. The maximum atomic E-state index is 12.5. The Hall–Kier alpha value is -0.320. The molecule has 1 amide bonds. The molecule has 2 heterocycles. The first-order valence-corrected chi connectivity index (χ1v) is 8.43. The average Bonchev–Trinajstić information content (AvgIpc) is 2.52. The third-order valence-electron chi connectivity index (χ3n) is 4.49. The molecule has 0 aromatic rings. The molecule has 0 aromatic carbocycles. The van der Waals surface area contributed by atoms with E-state index in [1.54, 1.807) is 0 Å². The van der Waals surface area contributed by atoms with Crippen LogP contribution in [0.2, 0.25) is 0 Å². The lowest BCUT2D eigenvalue weighted by Gasteiger charge is -2.35. The molecule has 5 heteroatoms. The first-order chi connectivity index (χ1) is 9.81. The fraction of sp³-hybridized carbons (Fsp3) is 0.938. The number of amides is 1. The van der Waals surface area contributed by atoms with Crippen molar-refractivity contribution in [1.82, 2.24) is 10.2 Å². The van der Waals surface area contributed by atoms with Crippen LogP contribution in [0.15, 0.2) is 0 Å². The van der Waals surface area contributed by atoms with Gasteiger partial charge in [0.15, 0.2) is 0 Å². The lowest BCUT2D eigenvalue weighted by Crippen LogP contribution is -2.46. The maximum Gasteiger partial charge on any atom is 0.222 e. The van der Waals surface area contributed by atoms with E-state index in [9.17, 15) is 4.79 Å². The number of piperidine rings is 1. The summed E-state index contributed by atoms with van der Waals surface area (Å²) >= 11 is 0. The molecule has 2 fully saturated rings. The Morgan fingerprint density at radius 1 is 1.24 bits per heavy atom. The van der Waals surface area contributed by atoms with E-state index in [4.69, 9.17) is 4.74 Å².